The summed E-state index contributed by atoms with van der Waals surface area (Å²) >= 11 is 0. The summed E-state index contributed by atoms with van der Waals surface area (Å²) in [4.78, 5) is 40.1. The fourth-order valence-corrected chi connectivity index (χ4v) is 7.41. The van der Waals surface area contributed by atoms with Crippen LogP contribution in [-0.4, -0.2) is 45.4 Å². The zero-order valence-corrected chi connectivity index (χ0v) is 24.1. The lowest BCUT2D eigenvalue weighted by Crippen LogP contribution is -2.72. The molecule has 7 heteroatoms. The molecule has 0 amide bonds. The number of aromatic hydroxyl groups is 1. The fourth-order valence-electron chi connectivity index (χ4n) is 7.41. The normalized spacial score (nSPS) is 31.9. The van der Waals surface area contributed by atoms with Crippen molar-refractivity contribution in [2.75, 3.05) is 0 Å². The molecule has 40 heavy (non-hydrogen) atoms. The van der Waals surface area contributed by atoms with Crippen LogP contribution in [0, 0.1) is 11.8 Å². The van der Waals surface area contributed by atoms with Gasteiger partial charge in [0.25, 0.3) is 0 Å². The van der Waals surface area contributed by atoms with Crippen LogP contribution in [0.5, 0.6) is 17.2 Å². The first-order valence-electron chi connectivity index (χ1n) is 13.9. The van der Waals surface area contributed by atoms with Gasteiger partial charge in [-0.3, -0.25) is 14.4 Å². The molecule has 1 saturated carbocycles. The van der Waals surface area contributed by atoms with Crippen LogP contribution >= 0.6 is 0 Å². The number of carbonyl (C=O) groups is 3. The van der Waals surface area contributed by atoms with Gasteiger partial charge >= 0.3 is 0 Å². The minimum Gasteiger partial charge on any atom is -0.506 e. The fraction of sp³-hybridized carbons (Fsp3) is 0.485. The number of ketones is 2. The van der Waals surface area contributed by atoms with Crippen molar-refractivity contribution < 1.29 is 33.7 Å². The molecular weight excluding hydrogens is 508 g/mol. The molecule has 0 radical (unpaired) electrons. The second-order valence-corrected chi connectivity index (χ2v) is 13.1. The molecule has 1 spiro atoms. The molecule has 1 N–H and O–H groups in total. The first kappa shape index (κ1) is 26.8. The summed E-state index contributed by atoms with van der Waals surface area (Å²) in [6.45, 7) is 13.4. The van der Waals surface area contributed by atoms with Gasteiger partial charge in [-0.15, -0.1) is 0 Å². The third-order valence-electron chi connectivity index (χ3n) is 9.23. The van der Waals surface area contributed by atoms with Gasteiger partial charge in [-0.1, -0.05) is 23.8 Å². The first-order chi connectivity index (χ1) is 18.7. The number of carbonyl (C=O) groups excluding carboxylic acids is 3. The van der Waals surface area contributed by atoms with Gasteiger partial charge in [0.15, 0.2) is 22.8 Å². The molecule has 4 atom stereocenters. The van der Waals surface area contributed by atoms with Crippen LogP contribution in [0.4, 0.5) is 0 Å². The van der Waals surface area contributed by atoms with E-state index in [1.54, 1.807) is 25.2 Å². The van der Waals surface area contributed by atoms with Crippen molar-refractivity contribution in [3.8, 4) is 17.2 Å². The maximum absolute atomic E-state index is 14.5. The lowest BCUT2D eigenvalue weighted by Gasteiger charge is -2.56. The Hall–Kier alpha value is -3.45. The number of phenols is 1. The number of aldehydes is 1. The number of hydrogen-bond donors (Lipinski definition) is 1. The standard InChI is InChI=1S/C33H36O7/c1-17(2)8-9-21-27-20(11-12-30(4,5)38-27)25(35)24-26(36)22-14-19-15-23-31(6,7)40-32(29(19)37,13-10-18(3)16-34)33(22,23)39-28(21)24/h8,10-12,14,16,19,23,35H,9,13,15H2,1-7H3/b18-10-/t19-,23?,32?,33-/m1/s1. The maximum Gasteiger partial charge on any atom is 0.200 e. The molecule has 1 saturated heterocycles. The van der Waals surface area contributed by atoms with E-state index in [4.69, 9.17) is 14.2 Å². The number of rotatable bonds is 5. The smallest absolute Gasteiger partial charge is 0.200 e. The van der Waals surface area contributed by atoms with E-state index in [9.17, 15) is 19.5 Å². The molecule has 2 fully saturated rings. The van der Waals surface area contributed by atoms with Crippen LogP contribution in [-0.2, 0) is 20.7 Å². The van der Waals surface area contributed by atoms with Crippen molar-refractivity contribution in [3.05, 3.63) is 57.7 Å². The predicted molar refractivity (Wildman–Crippen MR) is 150 cm³/mol. The van der Waals surface area contributed by atoms with Crippen molar-refractivity contribution in [2.45, 2.75) is 90.1 Å². The summed E-state index contributed by atoms with van der Waals surface area (Å²) in [6, 6.07) is 0. The topological polar surface area (TPSA) is 99.1 Å². The molecule has 3 heterocycles. The van der Waals surface area contributed by atoms with Crippen LogP contribution in [0.25, 0.3) is 6.08 Å². The van der Waals surface area contributed by atoms with Gasteiger partial charge in [0, 0.05) is 29.4 Å². The average Bonchev–Trinajstić information content (AvgIpc) is 3.03. The highest BCUT2D eigenvalue weighted by atomic mass is 16.6. The van der Waals surface area contributed by atoms with Gasteiger partial charge in [0.05, 0.1) is 11.2 Å². The highest BCUT2D eigenvalue weighted by Gasteiger charge is 2.81. The van der Waals surface area contributed by atoms with Crippen LogP contribution in [0.3, 0.4) is 0 Å². The Kier molecular flexibility index (Phi) is 5.54. The first-order valence-corrected chi connectivity index (χ1v) is 13.9. The van der Waals surface area contributed by atoms with E-state index in [1.807, 2.05) is 53.7 Å². The molecular formula is C33H36O7. The number of benzene rings is 1. The minimum atomic E-state index is -1.49. The molecule has 2 unspecified atom stereocenters. The van der Waals surface area contributed by atoms with E-state index in [1.165, 1.54) is 0 Å². The van der Waals surface area contributed by atoms with Crippen LogP contribution < -0.4 is 9.47 Å². The van der Waals surface area contributed by atoms with Crippen molar-refractivity contribution >= 4 is 23.9 Å². The van der Waals surface area contributed by atoms with E-state index in [0.29, 0.717) is 40.9 Å². The second-order valence-electron chi connectivity index (χ2n) is 13.1. The third-order valence-corrected chi connectivity index (χ3v) is 9.23. The monoisotopic (exact) mass is 544 g/mol. The minimum absolute atomic E-state index is 0.0905. The summed E-state index contributed by atoms with van der Waals surface area (Å²) in [5.74, 6) is -0.814. The molecule has 3 aliphatic heterocycles. The van der Waals surface area contributed by atoms with E-state index in [0.717, 1.165) is 11.9 Å². The zero-order valence-electron chi connectivity index (χ0n) is 24.1. The van der Waals surface area contributed by atoms with Gasteiger partial charge < -0.3 is 19.3 Å². The predicted octanol–water partition coefficient (Wildman–Crippen LogP) is 5.63. The van der Waals surface area contributed by atoms with E-state index in [-0.39, 0.29) is 41.0 Å². The second kappa shape index (κ2) is 8.29. The van der Waals surface area contributed by atoms with E-state index in [2.05, 4.69) is 0 Å². The maximum atomic E-state index is 14.5. The van der Waals surface area contributed by atoms with Crippen molar-refractivity contribution in [1.29, 1.82) is 0 Å². The van der Waals surface area contributed by atoms with Crippen molar-refractivity contribution in [1.82, 2.24) is 0 Å². The quantitative estimate of drug-likeness (QED) is 0.292. The molecule has 7 rings (SSSR count). The van der Waals surface area contributed by atoms with Gasteiger partial charge in [0.1, 0.15) is 34.7 Å². The number of hydrogen-bond acceptors (Lipinski definition) is 7. The van der Waals surface area contributed by atoms with Crippen molar-refractivity contribution in [2.24, 2.45) is 11.8 Å². The molecule has 3 aliphatic carbocycles. The average molecular weight is 545 g/mol. The molecule has 7 nitrogen and oxygen atoms in total. The molecule has 1 aromatic rings. The zero-order chi connectivity index (χ0) is 29.0. The van der Waals surface area contributed by atoms with E-state index >= 15 is 0 Å². The Balaban J connectivity index is 1.67. The Bertz CT molecular complexity index is 1510. The summed E-state index contributed by atoms with van der Waals surface area (Å²) in [6.07, 6.45) is 10.8. The largest absolute Gasteiger partial charge is 0.506 e. The van der Waals surface area contributed by atoms with E-state index < -0.39 is 28.3 Å². The lowest BCUT2D eigenvalue weighted by molar-refractivity contribution is -0.171. The summed E-state index contributed by atoms with van der Waals surface area (Å²) in [7, 11) is 0. The van der Waals surface area contributed by atoms with Crippen LogP contribution in [0.2, 0.25) is 0 Å². The van der Waals surface area contributed by atoms with Crippen molar-refractivity contribution in [3.63, 3.8) is 0 Å². The summed E-state index contributed by atoms with van der Waals surface area (Å²) < 4.78 is 20.2. The number of phenolic OH excluding ortho intramolecular Hbond substituents is 1. The number of ether oxygens (including phenoxy) is 3. The molecule has 1 aromatic carbocycles. The van der Waals surface area contributed by atoms with Crippen LogP contribution in [0.1, 0.15) is 82.8 Å². The van der Waals surface area contributed by atoms with Gasteiger partial charge in [-0.2, -0.15) is 0 Å². The molecule has 210 valence electrons. The molecule has 4 bridgehead atoms. The highest BCUT2D eigenvalue weighted by Crippen LogP contribution is 2.68. The van der Waals surface area contributed by atoms with Gasteiger partial charge in [-0.25, -0.2) is 0 Å². The highest BCUT2D eigenvalue weighted by molar-refractivity contribution is 6.19. The Morgan fingerprint density at radius 2 is 1.80 bits per heavy atom. The molecule has 6 aliphatic rings. The third kappa shape index (κ3) is 3.30. The number of fused-ring (bicyclic) bond motifs is 2. The number of allylic oxidation sites excluding steroid dienone is 4. The Morgan fingerprint density at radius 1 is 1.07 bits per heavy atom. The Morgan fingerprint density at radius 3 is 2.48 bits per heavy atom. The summed E-state index contributed by atoms with van der Waals surface area (Å²) in [5, 5.41) is 11.5. The SMILES string of the molecule is CC(C)=CCc1c2c(c(O)c3c1O[C@]14C(=C[C@@H]5CC1C(C)(C)OC4(C/C=C(/C)C=O)C5=O)C3=O)C=CC(C)(C)O2. The summed E-state index contributed by atoms with van der Waals surface area (Å²) in [5.41, 5.74) is -1.26. The van der Waals surface area contributed by atoms with Gasteiger partial charge in [-0.05, 0) is 79.0 Å². The lowest BCUT2D eigenvalue weighted by atomic mass is 9.51. The van der Waals surface area contributed by atoms with Gasteiger partial charge in [0.2, 0.25) is 0 Å². The van der Waals surface area contributed by atoms with Crippen LogP contribution in [0.15, 0.2) is 41.0 Å². The molecule has 0 aromatic heterocycles. The number of Topliss-reactive ketones (excluding diaryl/α,β-unsaturated/α-hetero) is 2. The Labute approximate surface area is 234 Å².